The van der Waals surface area contributed by atoms with E-state index in [1.807, 2.05) is 18.2 Å². The summed E-state index contributed by atoms with van der Waals surface area (Å²) < 4.78 is 20.9. The van der Waals surface area contributed by atoms with Gasteiger partial charge in [-0.2, -0.15) is 0 Å². The number of aromatic hydroxyl groups is 8. The highest BCUT2D eigenvalue weighted by Crippen LogP contribution is 2.78. The lowest BCUT2D eigenvalue weighted by Crippen LogP contribution is -2.50. The molecule has 7 aromatic rings. The SMILES string of the molecule is O=C1C=CC23C(C1)Oc1cc(O)cc4c1C2C(c1cc(O)cc2c1C4C(c1ccc(O)cc1)O2)C(c1cc(O)cc2c1C(c1cc(O)cc(O)c1)C(c1ccc(O)cc1)O2)C3c1ccc(O)cc1. The molecule has 3 aliphatic heterocycles. The summed E-state index contributed by atoms with van der Waals surface area (Å²) in [5.74, 6) is -3.07. The van der Waals surface area contributed by atoms with Crippen LogP contribution < -0.4 is 14.2 Å². The summed E-state index contributed by atoms with van der Waals surface area (Å²) in [7, 11) is 0. The van der Waals surface area contributed by atoms with E-state index in [0.29, 0.717) is 39.5 Å². The van der Waals surface area contributed by atoms with Gasteiger partial charge in [-0.15, -0.1) is 0 Å². The topological polar surface area (TPSA) is 207 Å². The molecule has 3 aliphatic carbocycles. The van der Waals surface area contributed by atoms with E-state index in [4.69, 9.17) is 14.2 Å². The van der Waals surface area contributed by atoms with Gasteiger partial charge in [-0.25, -0.2) is 0 Å². The van der Waals surface area contributed by atoms with Crippen LogP contribution in [0, 0.1) is 5.41 Å². The van der Waals surface area contributed by atoms with Crippen LogP contribution in [0.25, 0.3) is 0 Å². The average Bonchev–Trinajstić information content (AvgIpc) is 3.94. The quantitative estimate of drug-likeness (QED) is 0.0813. The van der Waals surface area contributed by atoms with Crippen LogP contribution in [0.15, 0.2) is 140 Å². The molecule has 68 heavy (non-hydrogen) atoms. The monoisotopic (exact) mass is 906 g/mol. The molecule has 338 valence electrons. The Labute approximate surface area is 388 Å². The molecule has 3 heterocycles. The Morgan fingerprint density at radius 1 is 0.412 bits per heavy atom. The molecule has 7 aromatic carbocycles. The van der Waals surface area contributed by atoms with E-state index in [1.165, 1.54) is 6.07 Å². The van der Waals surface area contributed by atoms with Crippen molar-refractivity contribution in [3.8, 4) is 63.2 Å². The van der Waals surface area contributed by atoms with E-state index < -0.39 is 59.2 Å². The molecule has 0 radical (unpaired) electrons. The highest BCUT2D eigenvalue weighted by Gasteiger charge is 2.70. The first-order valence-electron chi connectivity index (χ1n) is 22.6. The van der Waals surface area contributed by atoms with Gasteiger partial charge in [-0.1, -0.05) is 42.5 Å². The molecule has 0 saturated heterocycles. The molecule has 0 bridgehead atoms. The van der Waals surface area contributed by atoms with Crippen LogP contribution in [0.4, 0.5) is 0 Å². The number of benzene rings is 7. The van der Waals surface area contributed by atoms with Gasteiger partial charge in [-0.05, 0) is 124 Å². The first kappa shape index (κ1) is 40.1. The molecule has 0 amide bonds. The van der Waals surface area contributed by atoms with Gasteiger partial charge in [0, 0.05) is 64.6 Å². The number of hydrogen-bond donors (Lipinski definition) is 8. The molecular weight excluding hydrogens is 865 g/mol. The van der Waals surface area contributed by atoms with Gasteiger partial charge < -0.3 is 55.1 Å². The van der Waals surface area contributed by atoms with E-state index in [1.54, 1.807) is 115 Å². The fourth-order valence-electron chi connectivity index (χ4n) is 13.3. The van der Waals surface area contributed by atoms with Crippen LogP contribution in [-0.2, 0) is 4.79 Å². The number of fused-ring (bicyclic) bond motifs is 3. The van der Waals surface area contributed by atoms with E-state index in [0.717, 1.165) is 33.4 Å². The zero-order valence-corrected chi connectivity index (χ0v) is 35.9. The molecule has 8 N–H and O–H groups in total. The summed E-state index contributed by atoms with van der Waals surface area (Å²) in [4.78, 5) is 13.7. The maximum Gasteiger partial charge on any atom is 0.159 e. The number of carbonyl (C=O) groups excluding carboxylic acids is 1. The zero-order chi connectivity index (χ0) is 46.5. The Kier molecular flexibility index (Phi) is 8.33. The summed E-state index contributed by atoms with van der Waals surface area (Å²) in [6.45, 7) is 0. The van der Waals surface area contributed by atoms with Crippen molar-refractivity contribution < 1.29 is 59.9 Å². The predicted octanol–water partition coefficient (Wildman–Crippen LogP) is 9.90. The molecular formula is C56H42O12. The summed E-state index contributed by atoms with van der Waals surface area (Å²) in [6.07, 6.45) is 1.34. The summed E-state index contributed by atoms with van der Waals surface area (Å²) >= 11 is 0. The van der Waals surface area contributed by atoms with Gasteiger partial charge in [0.2, 0.25) is 0 Å². The maximum atomic E-state index is 13.7. The van der Waals surface area contributed by atoms with Crippen molar-refractivity contribution in [1.29, 1.82) is 0 Å². The minimum atomic E-state index is -1.04. The van der Waals surface area contributed by atoms with Gasteiger partial charge in [0.25, 0.3) is 0 Å². The number of ketones is 1. The van der Waals surface area contributed by atoms with Crippen molar-refractivity contribution in [2.75, 3.05) is 0 Å². The van der Waals surface area contributed by atoms with Gasteiger partial charge in [0.05, 0.1) is 11.8 Å². The number of allylic oxidation sites excluding steroid dienone is 1. The Balaban J connectivity index is 1.16. The summed E-state index contributed by atoms with van der Waals surface area (Å²) in [6, 6.07) is 34.7. The standard InChI is InChI=1S/C56H42O12/c57-29-7-1-25(2-8-29)52-49(38-18-35(63)21-41-46(38)45(28-15-33(61)17-34(62)16-28)54(67-41)26-3-9-30(58)10-4-26)50-39-19-36(64)22-42-47(39)51(55(68-42)27-5-11-31(59)12-6-27)40-20-37(65)23-43-48(40)53(50)56(52)14-13-32(60)24-44(56)66-43/h1-23,44-45,49-55,57-59,61-65H,24H2. The minimum absolute atomic E-state index is 0.00164. The second kappa shape index (κ2) is 14.1. The third-order valence-electron chi connectivity index (χ3n) is 15.5. The molecule has 1 saturated carbocycles. The van der Waals surface area contributed by atoms with Crippen molar-refractivity contribution in [3.05, 3.63) is 195 Å². The Bertz CT molecular complexity index is 3290. The zero-order valence-electron chi connectivity index (χ0n) is 35.9. The summed E-state index contributed by atoms with van der Waals surface area (Å²) in [5, 5.41) is 89.2. The molecule has 13 rings (SSSR count). The Hall–Kier alpha value is -8.25. The van der Waals surface area contributed by atoms with Crippen LogP contribution in [0.5, 0.6) is 63.2 Å². The predicted molar refractivity (Wildman–Crippen MR) is 245 cm³/mol. The van der Waals surface area contributed by atoms with Gasteiger partial charge in [0.15, 0.2) is 5.78 Å². The van der Waals surface area contributed by atoms with Crippen LogP contribution in [0.1, 0.15) is 110 Å². The van der Waals surface area contributed by atoms with E-state index in [-0.39, 0.29) is 58.2 Å². The first-order valence-corrected chi connectivity index (χ1v) is 22.6. The van der Waals surface area contributed by atoms with Crippen LogP contribution in [0.3, 0.4) is 0 Å². The number of carbonyl (C=O) groups is 1. The molecule has 0 aromatic heterocycles. The third kappa shape index (κ3) is 5.63. The minimum Gasteiger partial charge on any atom is -0.508 e. The second-order valence-electron chi connectivity index (χ2n) is 19.0. The fraction of sp³-hybridized carbons (Fsp3) is 0.196. The van der Waals surface area contributed by atoms with Crippen molar-refractivity contribution in [2.24, 2.45) is 5.41 Å². The van der Waals surface area contributed by atoms with Crippen molar-refractivity contribution >= 4 is 5.78 Å². The Morgan fingerprint density at radius 2 is 0.853 bits per heavy atom. The summed E-state index contributed by atoms with van der Waals surface area (Å²) in [5.41, 5.74) is 6.02. The lowest BCUT2D eigenvalue weighted by atomic mass is 9.58. The van der Waals surface area contributed by atoms with Crippen LogP contribution in [-0.4, -0.2) is 52.7 Å². The molecule has 6 aliphatic rings. The van der Waals surface area contributed by atoms with Crippen LogP contribution >= 0.6 is 0 Å². The smallest absolute Gasteiger partial charge is 0.159 e. The van der Waals surface area contributed by atoms with Crippen molar-refractivity contribution in [3.63, 3.8) is 0 Å². The number of rotatable bonds is 5. The number of ether oxygens (including phenoxy) is 3. The maximum absolute atomic E-state index is 13.7. The van der Waals surface area contributed by atoms with E-state index >= 15 is 0 Å². The number of phenols is 8. The normalized spacial score (nSPS) is 27.5. The highest BCUT2D eigenvalue weighted by atomic mass is 16.5. The number of hydrogen-bond acceptors (Lipinski definition) is 12. The Morgan fingerprint density at radius 3 is 1.40 bits per heavy atom. The second-order valence-corrected chi connectivity index (χ2v) is 19.0. The largest absolute Gasteiger partial charge is 0.508 e. The van der Waals surface area contributed by atoms with Crippen LogP contribution in [0.2, 0.25) is 0 Å². The molecule has 1 spiro atoms. The lowest BCUT2D eigenvalue weighted by molar-refractivity contribution is -0.119. The van der Waals surface area contributed by atoms with Gasteiger partial charge >= 0.3 is 0 Å². The van der Waals surface area contributed by atoms with Gasteiger partial charge in [0.1, 0.15) is 81.6 Å². The molecule has 12 nitrogen and oxygen atoms in total. The van der Waals surface area contributed by atoms with Crippen molar-refractivity contribution in [1.82, 2.24) is 0 Å². The fourth-order valence-corrected chi connectivity index (χ4v) is 13.3. The molecule has 1 fully saturated rings. The lowest BCUT2D eigenvalue weighted by Gasteiger charge is -2.50. The molecule has 12 heteroatoms. The highest BCUT2D eigenvalue weighted by molar-refractivity contribution is 5.92. The molecule has 10 atom stereocenters. The van der Waals surface area contributed by atoms with Crippen molar-refractivity contribution in [2.45, 2.75) is 60.2 Å². The third-order valence-corrected chi connectivity index (χ3v) is 15.5. The van der Waals surface area contributed by atoms with E-state index in [9.17, 15) is 45.6 Å². The average molecular weight is 907 g/mol. The van der Waals surface area contributed by atoms with Gasteiger partial charge in [-0.3, -0.25) is 4.79 Å². The van der Waals surface area contributed by atoms with E-state index in [2.05, 4.69) is 0 Å². The first-order chi connectivity index (χ1) is 32.8. The molecule has 10 unspecified atom stereocenters. The number of phenolic OH excluding ortho intramolecular Hbond substituents is 8.